The van der Waals surface area contributed by atoms with Gasteiger partial charge in [0.15, 0.2) is 0 Å². The van der Waals surface area contributed by atoms with Crippen LogP contribution in [0.1, 0.15) is 12.0 Å². The van der Waals surface area contributed by atoms with Gasteiger partial charge in [0, 0.05) is 45.1 Å². The number of rotatable bonds is 4. The first kappa shape index (κ1) is 16.0. The van der Waals surface area contributed by atoms with E-state index in [-0.39, 0.29) is 11.9 Å². The summed E-state index contributed by atoms with van der Waals surface area (Å²) in [5.74, 6) is 1.04. The molecule has 24 heavy (non-hydrogen) atoms. The molecular weight excluding hydrogens is 307 g/mol. The summed E-state index contributed by atoms with van der Waals surface area (Å²) >= 11 is 0. The normalized spacial score (nSPS) is 16.8. The summed E-state index contributed by atoms with van der Waals surface area (Å²) in [6.45, 7) is 1.53. The second kappa shape index (κ2) is 6.71. The third-order valence-corrected chi connectivity index (χ3v) is 3.96. The number of benzene rings is 1. The maximum absolute atomic E-state index is 13.6. The van der Waals surface area contributed by atoms with Crippen LogP contribution >= 0.6 is 0 Å². The Morgan fingerprint density at radius 3 is 2.96 bits per heavy atom. The van der Waals surface area contributed by atoms with Gasteiger partial charge in [-0.1, -0.05) is 0 Å². The molecule has 1 N–H and O–H groups in total. The van der Waals surface area contributed by atoms with Crippen molar-refractivity contribution in [3.05, 3.63) is 41.8 Å². The van der Waals surface area contributed by atoms with Gasteiger partial charge in [-0.15, -0.1) is 0 Å². The molecular formula is C17H19FN6. The summed E-state index contributed by atoms with van der Waals surface area (Å²) in [4.78, 5) is 12.6. The average Bonchev–Trinajstić information content (AvgIpc) is 3.03. The molecule has 1 aromatic heterocycles. The smallest absolute Gasteiger partial charge is 0.226 e. The van der Waals surface area contributed by atoms with Gasteiger partial charge in [0.1, 0.15) is 11.6 Å². The molecule has 1 saturated heterocycles. The topological polar surface area (TPSA) is 68.1 Å². The Balaban J connectivity index is 1.69. The first-order valence-corrected chi connectivity index (χ1v) is 7.77. The molecule has 0 amide bonds. The van der Waals surface area contributed by atoms with Crippen LogP contribution in [0.4, 0.5) is 21.8 Å². The van der Waals surface area contributed by atoms with E-state index >= 15 is 0 Å². The number of nitrogens with one attached hydrogen (secondary N) is 1. The van der Waals surface area contributed by atoms with Crippen molar-refractivity contribution in [1.29, 1.82) is 5.26 Å². The zero-order valence-electron chi connectivity index (χ0n) is 13.7. The van der Waals surface area contributed by atoms with E-state index in [0.717, 1.165) is 31.0 Å². The van der Waals surface area contributed by atoms with E-state index < -0.39 is 0 Å². The highest BCUT2D eigenvalue weighted by Crippen LogP contribution is 2.24. The van der Waals surface area contributed by atoms with Crippen LogP contribution in [-0.4, -0.2) is 43.2 Å². The molecule has 0 saturated carbocycles. The lowest BCUT2D eigenvalue weighted by Crippen LogP contribution is -2.26. The van der Waals surface area contributed by atoms with Gasteiger partial charge in [0.05, 0.1) is 11.6 Å². The molecule has 124 valence electrons. The van der Waals surface area contributed by atoms with Crippen molar-refractivity contribution in [3.63, 3.8) is 0 Å². The number of anilines is 3. The fourth-order valence-corrected chi connectivity index (χ4v) is 2.79. The van der Waals surface area contributed by atoms with Gasteiger partial charge in [-0.3, -0.25) is 0 Å². The van der Waals surface area contributed by atoms with E-state index in [1.165, 1.54) is 12.1 Å². The molecule has 0 bridgehead atoms. The predicted octanol–water partition coefficient (Wildman–Crippen LogP) is 2.24. The molecule has 0 spiro atoms. The molecule has 1 atom stereocenters. The first-order valence-electron chi connectivity index (χ1n) is 7.77. The lowest BCUT2D eigenvalue weighted by atomic mass is 10.2. The number of halogens is 1. The Bertz CT molecular complexity index is 770. The zero-order valence-corrected chi connectivity index (χ0v) is 13.7. The number of nitriles is 1. The van der Waals surface area contributed by atoms with Crippen LogP contribution < -0.4 is 15.1 Å². The van der Waals surface area contributed by atoms with Gasteiger partial charge >= 0.3 is 0 Å². The van der Waals surface area contributed by atoms with E-state index in [2.05, 4.69) is 20.2 Å². The quantitative estimate of drug-likeness (QED) is 0.929. The molecule has 1 aliphatic heterocycles. The molecule has 1 aliphatic rings. The maximum atomic E-state index is 13.6. The van der Waals surface area contributed by atoms with Gasteiger partial charge in [0.25, 0.3) is 0 Å². The third kappa shape index (κ3) is 3.54. The standard InChI is InChI=1S/C17H19FN6/c1-23(2)17-20-5-3-16(22-17)21-14-4-6-24(11-14)15-8-12(10-19)7-13(18)9-15/h3,5,7-9,14H,4,6,11H2,1-2H3,(H,20,21,22). The molecule has 1 unspecified atom stereocenters. The summed E-state index contributed by atoms with van der Waals surface area (Å²) in [7, 11) is 3.79. The van der Waals surface area contributed by atoms with Gasteiger partial charge in [0.2, 0.25) is 5.95 Å². The van der Waals surface area contributed by atoms with Crippen molar-refractivity contribution in [2.45, 2.75) is 12.5 Å². The lowest BCUT2D eigenvalue weighted by Gasteiger charge is -2.20. The lowest BCUT2D eigenvalue weighted by molar-refractivity contribution is 0.626. The van der Waals surface area contributed by atoms with Gasteiger partial charge in [-0.25, -0.2) is 9.37 Å². The summed E-state index contributed by atoms with van der Waals surface area (Å²) in [5.41, 5.74) is 1.08. The maximum Gasteiger partial charge on any atom is 0.226 e. The molecule has 7 heteroatoms. The molecule has 6 nitrogen and oxygen atoms in total. The third-order valence-electron chi connectivity index (χ3n) is 3.96. The van der Waals surface area contributed by atoms with Crippen molar-refractivity contribution >= 4 is 17.5 Å². The average molecular weight is 326 g/mol. The largest absolute Gasteiger partial charge is 0.369 e. The van der Waals surface area contributed by atoms with Crippen molar-refractivity contribution in [3.8, 4) is 6.07 Å². The van der Waals surface area contributed by atoms with E-state index in [0.29, 0.717) is 11.5 Å². The minimum absolute atomic E-state index is 0.212. The molecule has 1 fully saturated rings. The van der Waals surface area contributed by atoms with Crippen LogP contribution in [0.5, 0.6) is 0 Å². The van der Waals surface area contributed by atoms with Crippen molar-refractivity contribution in [1.82, 2.24) is 9.97 Å². The molecule has 1 aromatic carbocycles. The number of hydrogen-bond acceptors (Lipinski definition) is 6. The Morgan fingerprint density at radius 1 is 1.38 bits per heavy atom. The van der Waals surface area contributed by atoms with E-state index in [1.807, 2.05) is 31.1 Å². The first-order chi connectivity index (χ1) is 11.5. The van der Waals surface area contributed by atoms with Crippen molar-refractivity contribution < 1.29 is 4.39 Å². The highest BCUT2D eigenvalue weighted by molar-refractivity contribution is 5.53. The second-order valence-corrected chi connectivity index (χ2v) is 6.02. The Hall–Kier alpha value is -2.88. The molecule has 0 radical (unpaired) electrons. The fourth-order valence-electron chi connectivity index (χ4n) is 2.79. The highest BCUT2D eigenvalue weighted by atomic mass is 19.1. The number of aromatic nitrogens is 2. The minimum atomic E-state index is -0.383. The van der Waals surface area contributed by atoms with Crippen LogP contribution in [0.15, 0.2) is 30.5 Å². The Morgan fingerprint density at radius 2 is 2.21 bits per heavy atom. The number of hydrogen-bond donors (Lipinski definition) is 1. The van der Waals surface area contributed by atoms with Crippen LogP contribution in [0.3, 0.4) is 0 Å². The summed E-state index contributed by atoms with van der Waals surface area (Å²) in [6, 6.07) is 8.49. The summed E-state index contributed by atoms with van der Waals surface area (Å²) in [6.07, 6.45) is 2.64. The van der Waals surface area contributed by atoms with Gasteiger partial charge in [-0.2, -0.15) is 10.2 Å². The fraction of sp³-hybridized carbons (Fsp3) is 0.353. The van der Waals surface area contributed by atoms with Crippen LogP contribution in [-0.2, 0) is 0 Å². The second-order valence-electron chi connectivity index (χ2n) is 6.02. The highest BCUT2D eigenvalue weighted by Gasteiger charge is 2.23. The van der Waals surface area contributed by atoms with Gasteiger partial charge < -0.3 is 15.1 Å². The Labute approximate surface area is 140 Å². The SMILES string of the molecule is CN(C)c1nccc(NC2CCN(c3cc(F)cc(C#N)c3)C2)n1. The Kier molecular flexibility index (Phi) is 4.47. The molecule has 3 rings (SSSR count). The van der Waals surface area contributed by atoms with Gasteiger partial charge in [-0.05, 0) is 30.7 Å². The summed E-state index contributed by atoms with van der Waals surface area (Å²) in [5, 5.41) is 12.4. The zero-order chi connectivity index (χ0) is 17.1. The van der Waals surface area contributed by atoms with E-state index in [1.54, 1.807) is 12.3 Å². The molecule has 2 heterocycles. The van der Waals surface area contributed by atoms with Crippen LogP contribution in [0.25, 0.3) is 0 Å². The molecule has 0 aliphatic carbocycles. The van der Waals surface area contributed by atoms with Crippen LogP contribution in [0.2, 0.25) is 0 Å². The minimum Gasteiger partial charge on any atom is -0.369 e. The van der Waals surface area contributed by atoms with Crippen molar-refractivity contribution in [2.24, 2.45) is 0 Å². The van der Waals surface area contributed by atoms with Crippen molar-refractivity contribution in [2.75, 3.05) is 42.3 Å². The molecule has 2 aromatic rings. The monoisotopic (exact) mass is 326 g/mol. The van der Waals surface area contributed by atoms with E-state index in [9.17, 15) is 4.39 Å². The number of nitrogens with zero attached hydrogens (tertiary/aromatic N) is 5. The van der Waals surface area contributed by atoms with E-state index in [4.69, 9.17) is 5.26 Å². The predicted molar refractivity (Wildman–Crippen MR) is 91.7 cm³/mol. The summed E-state index contributed by atoms with van der Waals surface area (Å²) < 4.78 is 13.6. The van der Waals surface area contributed by atoms with Crippen LogP contribution in [0, 0.1) is 17.1 Å².